The van der Waals surface area contributed by atoms with Crippen LogP contribution in [-0.2, 0) is 0 Å². The van der Waals surface area contributed by atoms with E-state index in [2.05, 4.69) is 69.8 Å². The van der Waals surface area contributed by atoms with Gasteiger partial charge in [0.25, 0.3) is 0 Å². The van der Waals surface area contributed by atoms with Crippen molar-refractivity contribution in [1.29, 1.82) is 0 Å². The van der Waals surface area contributed by atoms with Crippen molar-refractivity contribution in [3.8, 4) is 0 Å². The maximum atomic E-state index is 4.09. The summed E-state index contributed by atoms with van der Waals surface area (Å²) < 4.78 is 0. The maximum absolute atomic E-state index is 4.09. The summed E-state index contributed by atoms with van der Waals surface area (Å²) in [5.41, 5.74) is 4.97. The van der Waals surface area contributed by atoms with Gasteiger partial charge in [-0.2, -0.15) is 0 Å². The van der Waals surface area contributed by atoms with Crippen LogP contribution in [0.25, 0.3) is 0 Å². The molecule has 0 aromatic carbocycles. The van der Waals surface area contributed by atoms with Gasteiger partial charge in [0.1, 0.15) is 6.29 Å². The van der Waals surface area contributed by atoms with Crippen LogP contribution < -0.4 is 5.32 Å². The summed E-state index contributed by atoms with van der Waals surface area (Å²) >= 11 is 0. The molecule has 0 spiro atoms. The first-order chi connectivity index (χ1) is 16.9. The topological polar surface area (TPSA) is 18.5 Å². The Morgan fingerprint density at radius 1 is 0.882 bits per heavy atom. The van der Waals surface area contributed by atoms with E-state index in [0.29, 0.717) is 30.5 Å². The molecule has 3 nitrogen and oxygen atoms in total. The van der Waals surface area contributed by atoms with Crippen molar-refractivity contribution in [1.82, 2.24) is 15.1 Å². The molecule has 2 fully saturated rings. The summed E-state index contributed by atoms with van der Waals surface area (Å²) in [6.07, 6.45) is 38.2. The smallest absolute Gasteiger partial charge is 0.139 e. The molecule has 7 rings (SSSR count). The van der Waals surface area contributed by atoms with Gasteiger partial charge < -0.3 is 4.90 Å². The minimum absolute atomic E-state index is 0.349. The molecule has 0 aromatic rings. The third kappa shape index (κ3) is 3.62. The highest BCUT2D eigenvalue weighted by atomic mass is 15.6. The molecule has 0 bridgehead atoms. The molecule has 0 saturated carbocycles. The van der Waals surface area contributed by atoms with E-state index in [-0.39, 0.29) is 0 Å². The Morgan fingerprint density at radius 3 is 2.74 bits per heavy atom. The van der Waals surface area contributed by atoms with Gasteiger partial charge >= 0.3 is 0 Å². The molecule has 7 unspecified atom stereocenters. The van der Waals surface area contributed by atoms with E-state index >= 15 is 0 Å². The van der Waals surface area contributed by atoms with Gasteiger partial charge in [-0.3, -0.25) is 10.2 Å². The summed E-state index contributed by atoms with van der Waals surface area (Å²) in [7, 11) is 0. The van der Waals surface area contributed by atoms with E-state index in [1.807, 2.05) is 0 Å². The third-order valence-corrected chi connectivity index (χ3v) is 9.88. The second kappa shape index (κ2) is 8.99. The lowest BCUT2D eigenvalue weighted by Gasteiger charge is -2.42. The summed E-state index contributed by atoms with van der Waals surface area (Å²) in [5, 5.41) is 4.09. The lowest BCUT2D eigenvalue weighted by molar-refractivity contribution is 0.0901. The van der Waals surface area contributed by atoms with Gasteiger partial charge in [-0.15, -0.1) is 0 Å². The Hall–Kier alpha value is -1.84. The Balaban J connectivity index is 1.25. The molecule has 5 aliphatic carbocycles. The molecule has 2 aliphatic heterocycles. The van der Waals surface area contributed by atoms with Crippen molar-refractivity contribution in [2.24, 2.45) is 11.8 Å². The standard InChI is InChI=1S/C31H41N3/c1-3-11-22(12-4-1)24-19-25(23-13-5-2-6-14-23)21-26(20-24)33-29-17-9-10-18-30(29)34-28-16-8-7-15-27(28)32-31(33)34/h1,3,7,9-10,13,15,17,21-22,24,26-28,30-32H,2,4-6,8,11-12,14,16,18-20H2. The highest BCUT2D eigenvalue weighted by Crippen LogP contribution is 2.47. The minimum Gasteiger partial charge on any atom is -0.339 e. The predicted molar refractivity (Wildman–Crippen MR) is 140 cm³/mol. The average Bonchev–Trinajstić information content (AvgIpc) is 3.44. The van der Waals surface area contributed by atoms with Gasteiger partial charge in [0, 0.05) is 17.8 Å². The molecular formula is C31H41N3. The van der Waals surface area contributed by atoms with Gasteiger partial charge in [-0.1, -0.05) is 48.6 Å². The number of hydrogen-bond donors (Lipinski definition) is 1. The van der Waals surface area contributed by atoms with Crippen LogP contribution >= 0.6 is 0 Å². The zero-order valence-electron chi connectivity index (χ0n) is 20.6. The van der Waals surface area contributed by atoms with E-state index in [4.69, 9.17) is 0 Å². The fourth-order valence-corrected chi connectivity index (χ4v) is 8.25. The second-order valence-electron chi connectivity index (χ2n) is 11.7. The number of allylic oxidation sites excluding steroid dienone is 8. The van der Waals surface area contributed by atoms with E-state index in [0.717, 1.165) is 11.8 Å². The normalized spacial score (nSPS) is 41.5. The van der Waals surface area contributed by atoms with Crippen LogP contribution in [0.5, 0.6) is 0 Å². The summed E-state index contributed by atoms with van der Waals surface area (Å²) in [6, 6.07) is 2.22. The van der Waals surface area contributed by atoms with Gasteiger partial charge in [-0.25, -0.2) is 0 Å². The molecule has 0 radical (unpaired) electrons. The fourth-order valence-electron chi connectivity index (χ4n) is 8.25. The second-order valence-corrected chi connectivity index (χ2v) is 11.7. The first-order valence-corrected chi connectivity index (χ1v) is 14.3. The summed E-state index contributed by atoms with van der Waals surface area (Å²) in [6.45, 7) is 0. The van der Waals surface area contributed by atoms with Crippen molar-refractivity contribution in [3.05, 3.63) is 71.5 Å². The number of rotatable bonds is 3. The summed E-state index contributed by atoms with van der Waals surface area (Å²) in [4.78, 5) is 5.71. The molecule has 0 amide bonds. The first kappa shape index (κ1) is 21.4. The molecule has 7 atom stereocenters. The highest BCUT2D eigenvalue weighted by Gasteiger charge is 2.54. The van der Waals surface area contributed by atoms with Crippen LogP contribution in [0.4, 0.5) is 0 Å². The van der Waals surface area contributed by atoms with Crippen LogP contribution in [0.15, 0.2) is 71.5 Å². The lowest BCUT2D eigenvalue weighted by atomic mass is 9.71. The highest BCUT2D eigenvalue weighted by molar-refractivity contribution is 5.38. The first-order valence-electron chi connectivity index (χ1n) is 14.3. The van der Waals surface area contributed by atoms with Gasteiger partial charge in [0.15, 0.2) is 0 Å². The average molecular weight is 456 g/mol. The largest absolute Gasteiger partial charge is 0.339 e. The molecule has 0 aromatic heterocycles. The molecule has 2 saturated heterocycles. The van der Waals surface area contributed by atoms with E-state index in [1.54, 1.807) is 16.8 Å². The van der Waals surface area contributed by atoms with Crippen molar-refractivity contribution >= 4 is 0 Å². The number of nitrogens with zero attached hydrogens (tertiary/aromatic N) is 2. The maximum Gasteiger partial charge on any atom is 0.139 e. The van der Waals surface area contributed by atoms with Crippen LogP contribution in [0.3, 0.4) is 0 Å². The lowest BCUT2D eigenvalue weighted by Crippen LogP contribution is -2.49. The van der Waals surface area contributed by atoms with Gasteiger partial charge in [0.2, 0.25) is 0 Å². The Bertz CT molecular complexity index is 981. The molecule has 180 valence electrons. The summed E-state index contributed by atoms with van der Waals surface area (Å²) in [5.74, 6) is 1.67. The zero-order chi connectivity index (χ0) is 22.5. The fraction of sp³-hybridized carbons (Fsp3) is 0.613. The molecule has 34 heavy (non-hydrogen) atoms. The van der Waals surface area contributed by atoms with Crippen LogP contribution in [0, 0.1) is 11.8 Å². The Kier molecular flexibility index (Phi) is 5.67. The number of nitrogens with one attached hydrogen (secondary N) is 1. The Morgan fingerprint density at radius 2 is 1.85 bits per heavy atom. The van der Waals surface area contributed by atoms with E-state index in [1.165, 1.54) is 77.0 Å². The number of hydrogen-bond acceptors (Lipinski definition) is 3. The van der Waals surface area contributed by atoms with Crippen molar-refractivity contribution in [3.63, 3.8) is 0 Å². The van der Waals surface area contributed by atoms with Crippen LogP contribution in [-0.4, -0.2) is 40.3 Å². The molecule has 2 heterocycles. The van der Waals surface area contributed by atoms with E-state index < -0.39 is 0 Å². The zero-order valence-corrected chi connectivity index (χ0v) is 20.6. The van der Waals surface area contributed by atoms with E-state index in [9.17, 15) is 0 Å². The number of fused-ring (bicyclic) bond motifs is 5. The molecule has 7 aliphatic rings. The van der Waals surface area contributed by atoms with Crippen LogP contribution in [0.1, 0.15) is 77.0 Å². The molecular weight excluding hydrogens is 414 g/mol. The van der Waals surface area contributed by atoms with Gasteiger partial charge in [0.05, 0.1) is 12.1 Å². The van der Waals surface area contributed by atoms with Gasteiger partial charge in [-0.05, 0) is 106 Å². The van der Waals surface area contributed by atoms with Crippen molar-refractivity contribution in [2.75, 3.05) is 0 Å². The Labute approximate surface area is 206 Å². The monoisotopic (exact) mass is 455 g/mol. The molecule has 1 N–H and O–H groups in total. The quantitative estimate of drug-likeness (QED) is 0.500. The third-order valence-electron chi connectivity index (χ3n) is 9.88. The predicted octanol–water partition coefficient (Wildman–Crippen LogP) is 6.35. The van der Waals surface area contributed by atoms with Crippen molar-refractivity contribution < 1.29 is 0 Å². The van der Waals surface area contributed by atoms with Crippen LogP contribution in [0.2, 0.25) is 0 Å². The molecule has 3 heteroatoms. The SMILES string of the molecule is C1=CCC2C(=C1)N(C1C=C(C3=CCCCC3)CC(C3CC=CCC3)C1)C1NC3C=CCCC3N21. The van der Waals surface area contributed by atoms with Crippen molar-refractivity contribution in [2.45, 2.75) is 108 Å². The minimum atomic E-state index is 0.349.